The van der Waals surface area contributed by atoms with E-state index in [-0.39, 0.29) is 30.2 Å². The number of nitrogens with one attached hydrogen (secondary N) is 1. The molecule has 0 bridgehead atoms. The van der Waals surface area contributed by atoms with Crippen molar-refractivity contribution in [3.05, 3.63) is 65.2 Å². The van der Waals surface area contributed by atoms with E-state index >= 15 is 0 Å². The normalized spacial score (nSPS) is 18.3. The van der Waals surface area contributed by atoms with Gasteiger partial charge in [0, 0.05) is 18.7 Å². The highest BCUT2D eigenvalue weighted by Crippen LogP contribution is 2.29. The average molecular weight is 336 g/mol. The van der Waals surface area contributed by atoms with Crippen LogP contribution in [0.15, 0.2) is 48.5 Å². The Morgan fingerprint density at radius 1 is 1.12 bits per heavy atom. The third kappa shape index (κ3) is 3.90. The summed E-state index contributed by atoms with van der Waals surface area (Å²) in [4.78, 5) is 26.8. The molecule has 2 aromatic rings. The molecule has 1 saturated heterocycles. The summed E-state index contributed by atoms with van der Waals surface area (Å²) in [6, 6.07) is 15.9. The number of anilines is 1. The van der Waals surface area contributed by atoms with Gasteiger partial charge in [0.25, 0.3) is 0 Å². The van der Waals surface area contributed by atoms with Gasteiger partial charge >= 0.3 is 0 Å². The van der Waals surface area contributed by atoms with Crippen LogP contribution in [0, 0.1) is 19.8 Å². The number of amides is 2. The van der Waals surface area contributed by atoms with Gasteiger partial charge in [0.2, 0.25) is 11.8 Å². The number of carbonyl (C=O) groups is 2. The predicted molar refractivity (Wildman–Crippen MR) is 99.2 cm³/mol. The lowest BCUT2D eigenvalue weighted by atomic mass is 10.1. The number of nitrogens with zero attached hydrogens (tertiary/aromatic N) is 1. The fourth-order valence-corrected chi connectivity index (χ4v) is 3.48. The maximum Gasteiger partial charge on any atom is 0.229 e. The van der Waals surface area contributed by atoms with Crippen LogP contribution in [0.1, 0.15) is 36.1 Å². The van der Waals surface area contributed by atoms with Crippen molar-refractivity contribution in [1.82, 2.24) is 4.90 Å². The van der Waals surface area contributed by atoms with Crippen molar-refractivity contribution in [3.63, 3.8) is 0 Å². The Kier molecular flexibility index (Phi) is 4.88. The van der Waals surface area contributed by atoms with Gasteiger partial charge in [-0.05, 0) is 49.6 Å². The fourth-order valence-electron chi connectivity index (χ4n) is 3.48. The molecule has 2 amide bonds. The molecule has 1 N–H and O–H groups in total. The van der Waals surface area contributed by atoms with Crippen LogP contribution >= 0.6 is 0 Å². The molecule has 3 rings (SSSR count). The second-order valence-electron chi connectivity index (χ2n) is 6.90. The van der Waals surface area contributed by atoms with Gasteiger partial charge in [0.05, 0.1) is 12.0 Å². The van der Waals surface area contributed by atoms with Crippen LogP contribution in [0.5, 0.6) is 0 Å². The number of benzene rings is 2. The summed E-state index contributed by atoms with van der Waals surface area (Å²) in [5.41, 5.74) is 4.10. The molecular formula is C21H24N2O2. The maximum atomic E-state index is 12.6. The molecule has 0 radical (unpaired) electrons. The molecule has 4 nitrogen and oxygen atoms in total. The summed E-state index contributed by atoms with van der Waals surface area (Å²) in [5.74, 6) is -0.350. The molecule has 1 aliphatic rings. The number of rotatable bonds is 4. The van der Waals surface area contributed by atoms with Gasteiger partial charge in [-0.25, -0.2) is 0 Å². The van der Waals surface area contributed by atoms with E-state index in [0.29, 0.717) is 6.54 Å². The second kappa shape index (κ2) is 7.09. The number of aryl methyl sites for hydroxylation is 2. The largest absolute Gasteiger partial charge is 0.335 e. The van der Waals surface area contributed by atoms with Crippen molar-refractivity contribution in [2.24, 2.45) is 5.92 Å². The Balaban J connectivity index is 1.68. The summed E-state index contributed by atoms with van der Waals surface area (Å²) in [7, 11) is 0. The summed E-state index contributed by atoms with van der Waals surface area (Å²) < 4.78 is 0. The molecule has 1 aliphatic heterocycles. The first-order chi connectivity index (χ1) is 11.9. The molecule has 0 aromatic heterocycles. The molecule has 2 atom stereocenters. The number of carbonyl (C=O) groups excluding carboxylic acids is 2. The van der Waals surface area contributed by atoms with Gasteiger partial charge in [0.1, 0.15) is 0 Å². The minimum Gasteiger partial charge on any atom is -0.335 e. The maximum absolute atomic E-state index is 12.6. The van der Waals surface area contributed by atoms with Crippen LogP contribution in [-0.2, 0) is 9.59 Å². The van der Waals surface area contributed by atoms with E-state index in [0.717, 1.165) is 22.4 Å². The third-order valence-electron chi connectivity index (χ3n) is 4.77. The van der Waals surface area contributed by atoms with Crippen LogP contribution < -0.4 is 5.32 Å². The van der Waals surface area contributed by atoms with Gasteiger partial charge in [0.15, 0.2) is 0 Å². The van der Waals surface area contributed by atoms with Gasteiger partial charge in [-0.3, -0.25) is 9.59 Å². The van der Waals surface area contributed by atoms with Crippen LogP contribution in [0.3, 0.4) is 0 Å². The highest BCUT2D eigenvalue weighted by atomic mass is 16.2. The number of hydrogen-bond acceptors (Lipinski definition) is 2. The van der Waals surface area contributed by atoms with Gasteiger partial charge < -0.3 is 10.2 Å². The highest BCUT2D eigenvalue weighted by molar-refractivity contribution is 5.97. The van der Waals surface area contributed by atoms with Crippen molar-refractivity contribution in [1.29, 1.82) is 0 Å². The van der Waals surface area contributed by atoms with Crippen LogP contribution in [0.25, 0.3) is 0 Å². The molecule has 0 aliphatic carbocycles. The first kappa shape index (κ1) is 17.2. The van der Waals surface area contributed by atoms with Crippen molar-refractivity contribution in [2.45, 2.75) is 33.2 Å². The van der Waals surface area contributed by atoms with Crippen molar-refractivity contribution in [2.75, 3.05) is 11.9 Å². The summed E-state index contributed by atoms with van der Waals surface area (Å²) in [5, 5.41) is 2.97. The SMILES string of the molecule is Cc1cc(C)cc(NC(=O)[C@H]2CC(=O)N([C@H](C)c3ccccc3)C2)c1. The van der Waals surface area contributed by atoms with Gasteiger partial charge in [-0.1, -0.05) is 36.4 Å². The Bertz CT molecular complexity index is 765. The van der Waals surface area contributed by atoms with Gasteiger partial charge in [-0.2, -0.15) is 0 Å². The minimum atomic E-state index is -0.306. The lowest BCUT2D eigenvalue weighted by molar-refractivity contribution is -0.129. The van der Waals surface area contributed by atoms with Crippen molar-refractivity contribution < 1.29 is 9.59 Å². The molecule has 4 heteroatoms. The van der Waals surface area contributed by atoms with E-state index in [2.05, 4.69) is 11.4 Å². The highest BCUT2D eigenvalue weighted by Gasteiger charge is 2.37. The van der Waals surface area contributed by atoms with Gasteiger partial charge in [-0.15, -0.1) is 0 Å². The zero-order valence-corrected chi connectivity index (χ0v) is 15.0. The van der Waals surface area contributed by atoms with Crippen LogP contribution in [0.4, 0.5) is 5.69 Å². The first-order valence-electron chi connectivity index (χ1n) is 8.67. The van der Waals surface area contributed by atoms with E-state index in [1.54, 1.807) is 4.90 Å². The number of likely N-dealkylation sites (tertiary alicyclic amines) is 1. The quantitative estimate of drug-likeness (QED) is 0.922. The van der Waals surface area contributed by atoms with E-state index in [9.17, 15) is 9.59 Å². The topological polar surface area (TPSA) is 49.4 Å². The molecule has 130 valence electrons. The monoisotopic (exact) mass is 336 g/mol. The molecule has 2 aromatic carbocycles. The molecule has 1 heterocycles. The Morgan fingerprint density at radius 3 is 2.40 bits per heavy atom. The Hall–Kier alpha value is -2.62. The Labute approximate surface area is 148 Å². The standard InChI is InChI=1S/C21H24N2O2/c1-14-9-15(2)11-19(10-14)22-21(25)18-12-20(24)23(13-18)16(3)17-7-5-4-6-8-17/h4-11,16,18H,12-13H2,1-3H3,(H,22,25)/t16-,18+/m1/s1. The first-order valence-corrected chi connectivity index (χ1v) is 8.67. The Morgan fingerprint density at radius 2 is 1.76 bits per heavy atom. The third-order valence-corrected chi connectivity index (χ3v) is 4.77. The summed E-state index contributed by atoms with van der Waals surface area (Å²) in [6.45, 7) is 6.49. The summed E-state index contributed by atoms with van der Waals surface area (Å²) >= 11 is 0. The van der Waals surface area contributed by atoms with E-state index in [4.69, 9.17) is 0 Å². The van der Waals surface area contributed by atoms with E-state index in [1.165, 1.54) is 0 Å². The lowest BCUT2D eigenvalue weighted by Gasteiger charge is -2.25. The smallest absolute Gasteiger partial charge is 0.229 e. The minimum absolute atomic E-state index is 0.0206. The molecule has 0 spiro atoms. The second-order valence-corrected chi connectivity index (χ2v) is 6.90. The van der Waals surface area contributed by atoms with Crippen molar-refractivity contribution in [3.8, 4) is 0 Å². The zero-order chi connectivity index (χ0) is 18.0. The summed E-state index contributed by atoms with van der Waals surface area (Å²) in [6.07, 6.45) is 0.272. The number of hydrogen-bond donors (Lipinski definition) is 1. The van der Waals surface area contributed by atoms with Crippen LogP contribution in [-0.4, -0.2) is 23.3 Å². The average Bonchev–Trinajstić information content (AvgIpc) is 2.96. The molecule has 1 fully saturated rings. The van der Waals surface area contributed by atoms with Crippen LogP contribution in [0.2, 0.25) is 0 Å². The molecule has 0 unspecified atom stereocenters. The van der Waals surface area contributed by atoms with E-state index < -0.39 is 0 Å². The molecule has 0 saturated carbocycles. The fraction of sp³-hybridized carbons (Fsp3) is 0.333. The van der Waals surface area contributed by atoms with Crippen molar-refractivity contribution >= 4 is 17.5 Å². The lowest BCUT2D eigenvalue weighted by Crippen LogP contribution is -2.30. The van der Waals surface area contributed by atoms with E-state index in [1.807, 2.05) is 63.2 Å². The molecular weight excluding hydrogens is 312 g/mol. The predicted octanol–water partition coefficient (Wildman–Crippen LogP) is 3.85. The molecule has 25 heavy (non-hydrogen) atoms. The zero-order valence-electron chi connectivity index (χ0n) is 15.0.